The molecule has 1 aliphatic rings. The Balaban J connectivity index is 1.88. The minimum absolute atomic E-state index is 0.540. The van der Waals surface area contributed by atoms with Crippen molar-refractivity contribution in [2.75, 3.05) is 11.4 Å². The first-order chi connectivity index (χ1) is 8.78. The lowest BCUT2D eigenvalue weighted by Crippen LogP contribution is -2.34. The fourth-order valence-corrected chi connectivity index (χ4v) is 2.42. The van der Waals surface area contributed by atoms with Gasteiger partial charge < -0.3 is 15.2 Å². The van der Waals surface area contributed by atoms with Crippen molar-refractivity contribution in [2.45, 2.75) is 26.6 Å². The molecule has 2 N–H and O–H groups in total. The summed E-state index contributed by atoms with van der Waals surface area (Å²) in [7, 11) is 0. The lowest BCUT2D eigenvalue weighted by molar-refractivity contribution is 0.555. The van der Waals surface area contributed by atoms with Crippen molar-refractivity contribution >= 4 is 5.82 Å². The van der Waals surface area contributed by atoms with E-state index in [1.54, 1.807) is 0 Å². The van der Waals surface area contributed by atoms with Gasteiger partial charge in [-0.1, -0.05) is 0 Å². The van der Waals surface area contributed by atoms with Crippen molar-refractivity contribution in [3.63, 3.8) is 0 Å². The lowest BCUT2D eigenvalue weighted by Gasteiger charge is -2.29. The SMILES string of the molecule is Cc1cc(CN)cnc1N1CCn2ccnc2C1. The Labute approximate surface area is 106 Å². The zero-order valence-electron chi connectivity index (χ0n) is 10.5. The van der Waals surface area contributed by atoms with Gasteiger partial charge in [-0.3, -0.25) is 0 Å². The first-order valence-corrected chi connectivity index (χ1v) is 6.18. The van der Waals surface area contributed by atoms with Crippen LogP contribution in [0.3, 0.4) is 0 Å². The largest absolute Gasteiger partial charge is 0.347 e. The van der Waals surface area contributed by atoms with Crippen LogP contribution < -0.4 is 10.6 Å². The summed E-state index contributed by atoms with van der Waals surface area (Å²) in [6.45, 7) is 5.39. The first-order valence-electron chi connectivity index (χ1n) is 6.18. The monoisotopic (exact) mass is 243 g/mol. The fraction of sp³-hybridized carbons (Fsp3) is 0.385. The maximum absolute atomic E-state index is 5.63. The number of aryl methyl sites for hydroxylation is 1. The second-order valence-electron chi connectivity index (χ2n) is 4.65. The van der Waals surface area contributed by atoms with Crippen molar-refractivity contribution in [1.29, 1.82) is 0 Å². The van der Waals surface area contributed by atoms with Gasteiger partial charge in [-0.15, -0.1) is 0 Å². The summed E-state index contributed by atoms with van der Waals surface area (Å²) < 4.78 is 2.19. The van der Waals surface area contributed by atoms with E-state index in [1.165, 1.54) is 5.56 Å². The molecule has 2 aromatic rings. The van der Waals surface area contributed by atoms with Gasteiger partial charge in [0.05, 0.1) is 6.54 Å². The van der Waals surface area contributed by atoms with E-state index in [-0.39, 0.29) is 0 Å². The van der Waals surface area contributed by atoms with Crippen LogP contribution in [0.25, 0.3) is 0 Å². The van der Waals surface area contributed by atoms with Gasteiger partial charge in [0.1, 0.15) is 11.6 Å². The van der Waals surface area contributed by atoms with Crippen LogP contribution >= 0.6 is 0 Å². The quantitative estimate of drug-likeness (QED) is 0.857. The first kappa shape index (κ1) is 11.2. The number of fused-ring (bicyclic) bond motifs is 1. The molecular weight excluding hydrogens is 226 g/mol. The highest BCUT2D eigenvalue weighted by molar-refractivity contribution is 5.47. The maximum Gasteiger partial charge on any atom is 0.131 e. The highest BCUT2D eigenvalue weighted by atomic mass is 15.3. The molecule has 2 aromatic heterocycles. The highest BCUT2D eigenvalue weighted by Gasteiger charge is 2.19. The van der Waals surface area contributed by atoms with Gasteiger partial charge in [-0.2, -0.15) is 0 Å². The average Bonchev–Trinajstić information content (AvgIpc) is 2.85. The number of pyridine rings is 1. The molecule has 18 heavy (non-hydrogen) atoms. The molecule has 0 atom stereocenters. The van der Waals surface area contributed by atoms with Gasteiger partial charge >= 0.3 is 0 Å². The third kappa shape index (κ3) is 1.86. The molecule has 0 aromatic carbocycles. The van der Waals surface area contributed by atoms with Gasteiger partial charge in [0.2, 0.25) is 0 Å². The van der Waals surface area contributed by atoms with E-state index in [4.69, 9.17) is 5.73 Å². The number of aromatic nitrogens is 3. The normalized spacial score (nSPS) is 14.7. The van der Waals surface area contributed by atoms with Crippen molar-refractivity contribution in [3.8, 4) is 0 Å². The van der Waals surface area contributed by atoms with Crippen molar-refractivity contribution in [1.82, 2.24) is 14.5 Å². The second-order valence-corrected chi connectivity index (χ2v) is 4.65. The zero-order chi connectivity index (χ0) is 12.5. The average molecular weight is 243 g/mol. The predicted octanol–water partition coefficient (Wildman–Crippen LogP) is 1.07. The predicted molar refractivity (Wildman–Crippen MR) is 70.1 cm³/mol. The molecule has 0 aliphatic carbocycles. The minimum atomic E-state index is 0.540. The van der Waals surface area contributed by atoms with Crippen LogP contribution in [-0.2, 0) is 19.6 Å². The summed E-state index contributed by atoms with van der Waals surface area (Å²) in [6, 6.07) is 2.11. The smallest absolute Gasteiger partial charge is 0.131 e. The molecule has 0 unspecified atom stereocenters. The molecule has 0 amide bonds. The maximum atomic E-state index is 5.63. The Bertz CT molecular complexity index is 560. The molecule has 94 valence electrons. The van der Waals surface area contributed by atoms with E-state index >= 15 is 0 Å². The summed E-state index contributed by atoms with van der Waals surface area (Å²) >= 11 is 0. The highest BCUT2D eigenvalue weighted by Crippen LogP contribution is 2.22. The lowest BCUT2D eigenvalue weighted by atomic mass is 10.2. The summed E-state index contributed by atoms with van der Waals surface area (Å²) in [5, 5.41) is 0. The van der Waals surface area contributed by atoms with Gasteiger partial charge in [0.15, 0.2) is 0 Å². The van der Waals surface area contributed by atoms with E-state index in [1.807, 2.05) is 18.6 Å². The Morgan fingerprint density at radius 2 is 2.22 bits per heavy atom. The van der Waals surface area contributed by atoms with Crippen LogP contribution in [0.5, 0.6) is 0 Å². The summed E-state index contributed by atoms with van der Waals surface area (Å²) in [5.41, 5.74) is 7.89. The van der Waals surface area contributed by atoms with Crippen LogP contribution in [0.1, 0.15) is 17.0 Å². The van der Waals surface area contributed by atoms with E-state index < -0.39 is 0 Å². The molecule has 3 rings (SSSR count). The number of hydrogen-bond acceptors (Lipinski definition) is 4. The fourth-order valence-electron chi connectivity index (χ4n) is 2.42. The number of nitrogens with zero attached hydrogens (tertiary/aromatic N) is 4. The Kier molecular flexibility index (Phi) is 2.76. The molecule has 5 heteroatoms. The number of rotatable bonds is 2. The number of hydrogen-bond donors (Lipinski definition) is 1. The molecular formula is C13H17N5. The van der Waals surface area contributed by atoms with Crippen molar-refractivity contribution in [2.24, 2.45) is 5.73 Å². The third-order valence-electron chi connectivity index (χ3n) is 3.39. The minimum Gasteiger partial charge on any atom is -0.347 e. The molecule has 0 saturated heterocycles. The van der Waals surface area contributed by atoms with Crippen LogP contribution in [0, 0.1) is 6.92 Å². The molecule has 0 radical (unpaired) electrons. The van der Waals surface area contributed by atoms with E-state index in [9.17, 15) is 0 Å². The van der Waals surface area contributed by atoms with Gasteiger partial charge in [0, 0.05) is 38.2 Å². The van der Waals surface area contributed by atoms with E-state index in [0.29, 0.717) is 6.54 Å². The molecule has 0 spiro atoms. The zero-order valence-corrected chi connectivity index (χ0v) is 10.5. The Morgan fingerprint density at radius 1 is 1.33 bits per heavy atom. The number of nitrogens with two attached hydrogens (primary N) is 1. The summed E-state index contributed by atoms with van der Waals surface area (Å²) in [6.07, 6.45) is 5.75. The van der Waals surface area contributed by atoms with Crippen LogP contribution in [0.15, 0.2) is 24.7 Å². The van der Waals surface area contributed by atoms with Gasteiger partial charge in [-0.25, -0.2) is 9.97 Å². The molecule has 0 saturated carbocycles. The van der Waals surface area contributed by atoms with Crippen LogP contribution in [-0.4, -0.2) is 21.1 Å². The standard InChI is InChI=1S/C13H17N5/c1-10-6-11(7-14)8-16-13(10)18-5-4-17-3-2-15-12(17)9-18/h2-3,6,8H,4-5,7,9,14H2,1H3. The van der Waals surface area contributed by atoms with Crippen LogP contribution in [0.2, 0.25) is 0 Å². The number of imidazole rings is 1. The van der Waals surface area contributed by atoms with E-state index in [0.717, 1.165) is 36.8 Å². The van der Waals surface area contributed by atoms with Crippen molar-refractivity contribution in [3.05, 3.63) is 41.6 Å². The van der Waals surface area contributed by atoms with Crippen LogP contribution in [0.4, 0.5) is 5.82 Å². The molecule has 1 aliphatic heterocycles. The molecule has 3 heterocycles. The summed E-state index contributed by atoms with van der Waals surface area (Å²) in [4.78, 5) is 11.2. The second kappa shape index (κ2) is 4.42. The topological polar surface area (TPSA) is 60.0 Å². The Hall–Kier alpha value is -1.88. The molecule has 0 bridgehead atoms. The Morgan fingerprint density at radius 3 is 3.00 bits per heavy atom. The summed E-state index contributed by atoms with van der Waals surface area (Å²) in [5.74, 6) is 2.15. The molecule has 5 nitrogen and oxygen atoms in total. The van der Waals surface area contributed by atoms with Crippen molar-refractivity contribution < 1.29 is 0 Å². The number of anilines is 1. The van der Waals surface area contributed by atoms with Gasteiger partial charge in [-0.05, 0) is 24.1 Å². The van der Waals surface area contributed by atoms with E-state index in [2.05, 4.69) is 32.4 Å². The third-order valence-corrected chi connectivity index (χ3v) is 3.39. The molecule has 0 fully saturated rings. The van der Waals surface area contributed by atoms with Gasteiger partial charge in [0.25, 0.3) is 0 Å².